The van der Waals surface area contributed by atoms with Gasteiger partial charge in [0.1, 0.15) is 0 Å². The minimum atomic E-state index is 0.588. The fourth-order valence-corrected chi connectivity index (χ4v) is 1.58. The molecule has 0 spiro atoms. The summed E-state index contributed by atoms with van der Waals surface area (Å²) in [7, 11) is 0. The highest BCUT2D eigenvalue weighted by Crippen LogP contribution is 2.13. The zero-order valence-corrected chi connectivity index (χ0v) is 11.1. The minimum Gasteiger partial charge on any atom is -0.353 e. The second-order valence-corrected chi connectivity index (χ2v) is 5.12. The molecule has 2 heterocycles. The smallest absolute Gasteiger partial charge is 0.243 e. The normalized spacial score (nSPS) is 13.2. The lowest BCUT2D eigenvalue weighted by atomic mass is 9.98. The monoisotopic (exact) mass is 252 g/mol. The number of fused-ring (bicyclic) bond motifs is 1. The van der Waals surface area contributed by atoms with Gasteiger partial charge in [0.25, 0.3) is 0 Å². The highest BCUT2D eigenvalue weighted by molar-refractivity contribution is 6.30. The van der Waals surface area contributed by atoms with E-state index in [4.69, 9.17) is 11.6 Å². The Bertz CT molecular complexity index is 506. The molecule has 17 heavy (non-hydrogen) atoms. The summed E-state index contributed by atoms with van der Waals surface area (Å²) in [5.74, 6) is 1.89. The number of hydrogen-bond acceptors (Lipinski definition) is 3. The van der Waals surface area contributed by atoms with Gasteiger partial charge in [-0.15, -0.1) is 5.10 Å². The maximum absolute atomic E-state index is 5.89. The molecule has 5 heteroatoms. The summed E-state index contributed by atoms with van der Waals surface area (Å²) < 4.78 is 1.69. The Morgan fingerprint density at radius 3 is 2.82 bits per heavy atom. The maximum Gasteiger partial charge on any atom is 0.243 e. The molecule has 0 fully saturated rings. The van der Waals surface area contributed by atoms with Crippen LogP contribution in [0.15, 0.2) is 18.3 Å². The largest absolute Gasteiger partial charge is 0.353 e. The molecule has 2 rings (SSSR count). The van der Waals surface area contributed by atoms with Crippen LogP contribution in [0.25, 0.3) is 5.65 Å². The average Bonchev–Trinajstić information content (AvgIpc) is 2.67. The van der Waals surface area contributed by atoms with Crippen molar-refractivity contribution >= 4 is 23.2 Å². The van der Waals surface area contributed by atoms with E-state index in [1.165, 1.54) is 0 Å². The first kappa shape index (κ1) is 12.2. The Morgan fingerprint density at radius 1 is 1.35 bits per heavy atom. The van der Waals surface area contributed by atoms with Gasteiger partial charge in [-0.1, -0.05) is 32.4 Å². The SMILES string of the molecule is CC(C)C(C)CNc1nc2ccc(Cl)cn2n1. The molecule has 0 bridgehead atoms. The molecule has 0 amide bonds. The number of nitrogens with zero attached hydrogens (tertiary/aromatic N) is 3. The molecule has 0 radical (unpaired) electrons. The third-order valence-corrected chi connectivity index (χ3v) is 3.24. The maximum atomic E-state index is 5.89. The van der Waals surface area contributed by atoms with E-state index in [0.717, 1.165) is 12.2 Å². The highest BCUT2D eigenvalue weighted by Gasteiger charge is 2.08. The second-order valence-electron chi connectivity index (χ2n) is 4.69. The lowest BCUT2D eigenvalue weighted by molar-refractivity contribution is 0.439. The summed E-state index contributed by atoms with van der Waals surface area (Å²) in [6.45, 7) is 7.51. The zero-order chi connectivity index (χ0) is 12.4. The Kier molecular flexibility index (Phi) is 3.52. The summed E-state index contributed by atoms with van der Waals surface area (Å²) in [6.07, 6.45) is 1.75. The van der Waals surface area contributed by atoms with E-state index in [9.17, 15) is 0 Å². The quantitative estimate of drug-likeness (QED) is 0.909. The number of rotatable bonds is 4. The van der Waals surface area contributed by atoms with Crippen molar-refractivity contribution in [3.63, 3.8) is 0 Å². The van der Waals surface area contributed by atoms with E-state index in [1.54, 1.807) is 10.7 Å². The molecular formula is C12H17ClN4. The van der Waals surface area contributed by atoms with Gasteiger partial charge < -0.3 is 5.32 Å². The minimum absolute atomic E-state index is 0.588. The van der Waals surface area contributed by atoms with Gasteiger partial charge in [0, 0.05) is 12.7 Å². The van der Waals surface area contributed by atoms with Crippen molar-refractivity contribution in [1.29, 1.82) is 0 Å². The molecule has 92 valence electrons. The second kappa shape index (κ2) is 4.92. The molecule has 0 aliphatic rings. The Labute approximate surface area is 106 Å². The summed E-state index contributed by atoms with van der Waals surface area (Å²) in [6, 6.07) is 3.67. The van der Waals surface area contributed by atoms with E-state index < -0.39 is 0 Å². The predicted molar refractivity (Wildman–Crippen MR) is 70.5 cm³/mol. The number of halogens is 1. The van der Waals surface area contributed by atoms with Crippen LogP contribution in [-0.4, -0.2) is 21.1 Å². The molecule has 0 aliphatic heterocycles. The summed E-state index contributed by atoms with van der Waals surface area (Å²) >= 11 is 5.89. The molecule has 0 saturated heterocycles. The van der Waals surface area contributed by atoms with Gasteiger partial charge in [-0.05, 0) is 24.0 Å². The van der Waals surface area contributed by atoms with Crippen molar-refractivity contribution in [3.05, 3.63) is 23.4 Å². The highest BCUT2D eigenvalue weighted by atomic mass is 35.5. The van der Waals surface area contributed by atoms with Gasteiger partial charge in [-0.2, -0.15) is 4.98 Å². The molecule has 4 nitrogen and oxygen atoms in total. The lowest BCUT2D eigenvalue weighted by Gasteiger charge is -2.14. The third kappa shape index (κ3) is 2.88. The number of pyridine rings is 1. The van der Waals surface area contributed by atoms with Crippen LogP contribution in [0.1, 0.15) is 20.8 Å². The van der Waals surface area contributed by atoms with Crippen LogP contribution >= 0.6 is 11.6 Å². The van der Waals surface area contributed by atoms with E-state index in [1.807, 2.05) is 12.1 Å². The first-order chi connectivity index (χ1) is 8.06. The number of hydrogen-bond donors (Lipinski definition) is 1. The molecule has 1 N–H and O–H groups in total. The van der Waals surface area contributed by atoms with Crippen LogP contribution in [0.2, 0.25) is 5.02 Å². The molecule has 0 saturated carbocycles. The molecule has 0 aliphatic carbocycles. The van der Waals surface area contributed by atoms with Crippen LogP contribution in [-0.2, 0) is 0 Å². The van der Waals surface area contributed by atoms with Crippen molar-refractivity contribution in [1.82, 2.24) is 14.6 Å². The average molecular weight is 253 g/mol. The van der Waals surface area contributed by atoms with Crippen LogP contribution in [0.4, 0.5) is 5.95 Å². The van der Waals surface area contributed by atoms with Gasteiger partial charge in [-0.25, -0.2) is 4.52 Å². The fraction of sp³-hybridized carbons (Fsp3) is 0.500. The van der Waals surface area contributed by atoms with Crippen LogP contribution < -0.4 is 5.32 Å². The van der Waals surface area contributed by atoms with E-state index >= 15 is 0 Å². The molecule has 0 aromatic carbocycles. The molecule has 2 aromatic heterocycles. The molecular weight excluding hydrogens is 236 g/mol. The topological polar surface area (TPSA) is 42.2 Å². The summed E-state index contributed by atoms with van der Waals surface area (Å²) in [5.41, 5.74) is 0.800. The van der Waals surface area contributed by atoms with Crippen LogP contribution in [0.3, 0.4) is 0 Å². The van der Waals surface area contributed by atoms with Gasteiger partial charge in [0.05, 0.1) is 5.02 Å². The Morgan fingerprint density at radius 2 is 2.12 bits per heavy atom. The van der Waals surface area contributed by atoms with Gasteiger partial charge in [-0.3, -0.25) is 0 Å². The van der Waals surface area contributed by atoms with E-state index in [0.29, 0.717) is 22.8 Å². The Hall–Kier alpha value is -1.29. The molecule has 1 atom stereocenters. The number of nitrogens with one attached hydrogen (secondary N) is 1. The van der Waals surface area contributed by atoms with Crippen molar-refractivity contribution in [2.45, 2.75) is 20.8 Å². The fourth-order valence-electron chi connectivity index (χ4n) is 1.42. The standard InChI is InChI=1S/C12H17ClN4/c1-8(2)9(3)6-14-12-15-11-5-4-10(13)7-17(11)16-12/h4-5,7-9H,6H2,1-3H3,(H,14,16). The first-order valence-corrected chi connectivity index (χ1v) is 6.20. The van der Waals surface area contributed by atoms with Gasteiger partial charge in [0.15, 0.2) is 5.65 Å². The van der Waals surface area contributed by atoms with Crippen molar-refractivity contribution in [2.75, 3.05) is 11.9 Å². The predicted octanol–water partition coefficient (Wildman–Crippen LogP) is 3.09. The van der Waals surface area contributed by atoms with E-state index in [2.05, 4.69) is 36.2 Å². The molecule has 1 unspecified atom stereocenters. The van der Waals surface area contributed by atoms with Crippen molar-refractivity contribution in [2.24, 2.45) is 11.8 Å². The van der Waals surface area contributed by atoms with Gasteiger partial charge in [0.2, 0.25) is 5.95 Å². The zero-order valence-electron chi connectivity index (χ0n) is 10.3. The van der Waals surface area contributed by atoms with Crippen LogP contribution in [0, 0.1) is 11.8 Å². The number of aromatic nitrogens is 3. The van der Waals surface area contributed by atoms with Crippen LogP contribution in [0.5, 0.6) is 0 Å². The number of anilines is 1. The molecule has 2 aromatic rings. The third-order valence-electron chi connectivity index (χ3n) is 3.02. The Balaban J connectivity index is 2.09. The van der Waals surface area contributed by atoms with Crippen molar-refractivity contribution in [3.8, 4) is 0 Å². The van der Waals surface area contributed by atoms with E-state index in [-0.39, 0.29) is 0 Å². The lowest BCUT2D eigenvalue weighted by Crippen LogP contribution is -2.16. The van der Waals surface area contributed by atoms with Gasteiger partial charge >= 0.3 is 0 Å². The first-order valence-electron chi connectivity index (χ1n) is 5.82. The summed E-state index contributed by atoms with van der Waals surface area (Å²) in [5, 5.41) is 8.22. The van der Waals surface area contributed by atoms with Crippen molar-refractivity contribution < 1.29 is 0 Å². The summed E-state index contributed by atoms with van der Waals surface area (Å²) in [4.78, 5) is 4.37.